The van der Waals surface area contributed by atoms with E-state index in [9.17, 15) is 14.9 Å². The molecule has 0 aliphatic carbocycles. The topological polar surface area (TPSA) is 98.3 Å². The number of amides is 1. The number of rotatable bonds is 5. The zero-order valence-electron chi connectivity index (χ0n) is 11.4. The van der Waals surface area contributed by atoms with Gasteiger partial charge in [-0.05, 0) is 26.3 Å². The van der Waals surface area contributed by atoms with Crippen LogP contribution < -0.4 is 11.1 Å². The van der Waals surface area contributed by atoms with Crippen molar-refractivity contribution < 1.29 is 9.72 Å². The van der Waals surface area contributed by atoms with Gasteiger partial charge >= 0.3 is 0 Å². The third kappa shape index (κ3) is 3.08. The van der Waals surface area contributed by atoms with Crippen LogP contribution in [0.5, 0.6) is 0 Å². The normalized spacial score (nSPS) is 13.7. The molecule has 0 fully saturated rings. The Balaban J connectivity index is 3.04. The van der Waals surface area contributed by atoms with Gasteiger partial charge in [0.2, 0.25) is 5.91 Å². The maximum absolute atomic E-state index is 12.2. The second-order valence-corrected chi connectivity index (χ2v) is 4.78. The molecule has 1 amide bonds. The standard InChI is InChI=1S/C13H19N3O3/c1-4-13(3,8-14)12(17)15-10-6-5-7-11(9(10)2)16(18)19/h5-7H,4,8,14H2,1-3H3,(H,15,17). The maximum atomic E-state index is 12.2. The van der Waals surface area contributed by atoms with E-state index in [1.54, 1.807) is 26.0 Å². The van der Waals surface area contributed by atoms with Gasteiger partial charge in [-0.25, -0.2) is 0 Å². The van der Waals surface area contributed by atoms with E-state index in [1.165, 1.54) is 6.07 Å². The largest absolute Gasteiger partial charge is 0.329 e. The van der Waals surface area contributed by atoms with Gasteiger partial charge in [0.1, 0.15) is 0 Å². The van der Waals surface area contributed by atoms with E-state index in [2.05, 4.69) is 5.32 Å². The Morgan fingerprint density at radius 3 is 2.63 bits per heavy atom. The molecule has 1 aromatic carbocycles. The number of hydrogen-bond donors (Lipinski definition) is 2. The van der Waals surface area contributed by atoms with E-state index < -0.39 is 10.3 Å². The van der Waals surface area contributed by atoms with Gasteiger partial charge in [0.25, 0.3) is 5.69 Å². The molecule has 0 saturated carbocycles. The predicted octanol–water partition coefficient (Wildman–Crippen LogP) is 2.22. The molecule has 6 nitrogen and oxygen atoms in total. The fourth-order valence-electron chi connectivity index (χ4n) is 1.63. The summed E-state index contributed by atoms with van der Waals surface area (Å²) in [4.78, 5) is 22.5. The number of hydrogen-bond acceptors (Lipinski definition) is 4. The Morgan fingerprint density at radius 1 is 1.53 bits per heavy atom. The van der Waals surface area contributed by atoms with E-state index in [1.807, 2.05) is 6.92 Å². The third-order valence-electron chi connectivity index (χ3n) is 3.53. The molecule has 0 aliphatic rings. The lowest BCUT2D eigenvalue weighted by Crippen LogP contribution is -2.39. The van der Waals surface area contributed by atoms with Gasteiger partial charge < -0.3 is 11.1 Å². The lowest BCUT2D eigenvalue weighted by Gasteiger charge is -2.25. The van der Waals surface area contributed by atoms with Crippen LogP contribution in [0.3, 0.4) is 0 Å². The molecule has 1 atom stereocenters. The fraction of sp³-hybridized carbons (Fsp3) is 0.462. The molecule has 0 aliphatic heterocycles. The molecule has 0 spiro atoms. The van der Waals surface area contributed by atoms with E-state index in [-0.39, 0.29) is 18.1 Å². The predicted molar refractivity (Wildman–Crippen MR) is 73.9 cm³/mol. The quantitative estimate of drug-likeness (QED) is 0.630. The van der Waals surface area contributed by atoms with Crippen LogP contribution in [0.1, 0.15) is 25.8 Å². The van der Waals surface area contributed by atoms with Crippen molar-refractivity contribution in [2.45, 2.75) is 27.2 Å². The van der Waals surface area contributed by atoms with Crippen LogP contribution in [0.4, 0.5) is 11.4 Å². The van der Waals surface area contributed by atoms with Crippen molar-refractivity contribution in [3.63, 3.8) is 0 Å². The third-order valence-corrected chi connectivity index (χ3v) is 3.53. The highest BCUT2D eigenvalue weighted by molar-refractivity contribution is 5.96. The first-order valence-corrected chi connectivity index (χ1v) is 6.11. The van der Waals surface area contributed by atoms with E-state index in [4.69, 9.17) is 5.73 Å². The number of nitrogens with zero attached hydrogens (tertiary/aromatic N) is 1. The number of carbonyl (C=O) groups is 1. The van der Waals surface area contributed by atoms with Crippen molar-refractivity contribution in [3.05, 3.63) is 33.9 Å². The molecule has 104 valence electrons. The summed E-state index contributed by atoms with van der Waals surface area (Å²) in [5.41, 5.74) is 5.83. The number of nitro groups is 1. The highest BCUT2D eigenvalue weighted by atomic mass is 16.6. The van der Waals surface area contributed by atoms with E-state index in [0.29, 0.717) is 17.7 Å². The average molecular weight is 265 g/mol. The highest BCUT2D eigenvalue weighted by Gasteiger charge is 2.30. The van der Waals surface area contributed by atoms with Gasteiger partial charge in [-0.2, -0.15) is 0 Å². The zero-order valence-corrected chi connectivity index (χ0v) is 11.4. The highest BCUT2D eigenvalue weighted by Crippen LogP contribution is 2.27. The summed E-state index contributed by atoms with van der Waals surface area (Å²) in [5.74, 6) is -0.221. The van der Waals surface area contributed by atoms with Gasteiger partial charge in [0.05, 0.1) is 21.6 Å². The molecule has 0 heterocycles. The smallest absolute Gasteiger partial charge is 0.274 e. The van der Waals surface area contributed by atoms with E-state index >= 15 is 0 Å². The second-order valence-electron chi connectivity index (χ2n) is 4.78. The number of benzene rings is 1. The Morgan fingerprint density at radius 2 is 2.16 bits per heavy atom. The summed E-state index contributed by atoms with van der Waals surface area (Å²) in [6, 6.07) is 4.60. The molecule has 1 aromatic rings. The molecule has 1 unspecified atom stereocenters. The summed E-state index contributed by atoms with van der Waals surface area (Å²) in [6.45, 7) is 5.49. The van der Waals surface area contributed by atoms with Gasteiger partial charge in [0.15, 0.2) is 0 Å². The van der Waals surface area contributed by atoms with Crippen molar-refractivity contribution in [2.75, 3.05) is 11.9 Å². The summed E-state index contributed by atoms with van der Waals surface area (Å²) in [6.07, 6.45) is 0.601. The Kier molecular flexibility index (Phi) is 4.61. The lowest BCUT2D eigenvalue weighted by molar-refractivity contribution is -0.385. The van der Waals surface area contributed by atoms with Gasteiger partial charge in [-0.15, -0.1) is 0 Å². The van der Waals surface area contributed by atoms with Gasteiger partial charge in [0, 0.05) is 12.6 Å². The summed E-state index contributed by atoms with van der Waals surface area (Å²) in [7, 11) is 0. The van der Waals surface area contributed by atoms with E-state index in [0.717, 1.165) is 0 Å². The van der Waals surface area contributed by atoms with Crippen molar-refractivity contribution in [2.24, 2.45) is 11.1 Å². The SMILES string of the molecule is CCC(C)(CN)C(=O)Nc1cccc([N+](=O)[O-])c1C. The molecule has 19 heavy (non-hydrogen) atoms. The molecule has 0 bridgehead atoms. The summed E-state index contributed by atoms with van der Waals surface area (Å²) in [5, 5.41) is 13.6. The first-order valence-electron chi connectivity index (χ1n) is 6.11. The molecular weight excluding hydrogens is 246 g/mol. The van der Waals surface area contributed by atoms with Crippen molar-refractivity contribution in [1.82, 2.24) is 0 Å². The van der Waals surface area contributed by atoms with Crippen LogP contribution in [0.25, 0.3) is 0 Å². The first-order chi connectivity index (χ1) is 8.85. The molecule has 1 rings (SSSR count). The minimum Gasteiger partial charge on any atom is -0.329 e. The number of nitro benzene ring substituents is 1. The molecule has 0 saturated heterocycles. The van der Waals surface area contributed by atoms with Crippen LogP contribution in [0, 0.1) is 22.5 Å². The lowest BCUT2D eigenvalue weighted by atomic mass is 9.86. The summed E-state index contributed by atoms with van der Waals surface area (Å²) < 4.78 is 0. The maximum Gasteiger partial charge on any atom is 0.274 e. The van der Waals surface area contributed by atoms with Crippen LogP contribution >= 0.6 is 0 Å². The van der Waals surface area contributed by atoms with Crippen molar-refractivity contribution >= 4 is 17.3 Å². The first kappa shape index (κ1) is 15.1. The van der Waals surface area contributed by atoms with Gasteiger partial charge in [-0.3, -0.25) is 14.9 Å². The molecule has 0 aromatic heterocycles. The Hall–Kier alpha value is -1.95. The monoisotopic (exact) mass is 265 g/mol. The second kappa shape index (κ2) is 5.79. The molecular formula is C13H19N3O3. The summed E-state index contributed by atoms with van der Waals surface area (Å²) >= 11 is 0. The van der Waals surface area contributed by atoms with Crippen molar-refractivity contribution in [1.29, 1.82) is 0 Å². The minimum atomic E-state index is -0.670. The van der Waals surface area contributed by atoms with Crippen LogP contribution in [-0.2, 0) is 4.79 Å². The fourth-order valence-corrected chi connectivity index (χ4v) is 1.63. The molecule has 0 radical (unpaired) electrons. The van der Waals surface area contributed by atoms with Crippen LogP contribution in [-0.4, -0.2) is 17.4 Å². The van der Waals surface area contributed by atoms with Crippen molar-refractivity contribution in [3.8, 4) is 0 Å². The number of nitrogens with two attached hydrogens (primary N) is 1. The minimum absolute atomic E-state index is 0.0104. The Labute approximate surface area is 112 Å². The van der Waals surface area contributed by atoms with Crippen LogP contribution in [0.15, 0.2) is 18.2 Å². The van der Waals surface area contributed by atoms with Crippen LogP contribution in [0.2, 0.25) is 0 Å². The number of anilines is 1. The number of carbonyl (C=O) groups excluding carboxylic acids is 1. The Bertz CT molecular complexity index is 496. The van der Waals surface area contributed by atoms with Gasteiger partial charge in [-0.1, -0.05) is 13.0 Å². The average Bonchev–Trinajstić information content (AvgIpc) is 2.39. The number of nitrogens with one attached hydrogen (secondary N) is 1. The zero-order chi connectivity index (χ0) is 14.6. The molecule has 3 N–H and O–H groups in total. The molecule has 6 heteroatoms.